The highest BCUT2D eigenvalue weighted by Crippen LogP contribution is 2.19. The van der Waals surface area contributed by atoms with Crippen LogP contribution in [0.1, 0.15) is 29.8 Å². The maximum absolute atomic E-state index is 12.4. The molecule has 0 aromatic carbocycles. The van der Waals surface area contributed by atoms with E-state index in [0.29, 0.717) is 11.5 Å². The van der Waals surface area contributed by atoms with Crippen molar-refractivity contribution < 1.29 is 22.3 Å². The quantitative estimate of drug-likeness (QED) is 0.817. The lowest BCUT2D eigenvalue weighted by molar-refractivity contribution is -0.131. The zero-order valence-corrected chi connectivity index (χ0v) is 15.0. The van der Waals surface area contributed by atoms with E-state index in [-0.39, 0.29) is 22.9 Å². The van der Waals surface area contributed by atoms with Crippen LogP contribution < -0.4 is 4.72 Å². The van der Waals surface area contributed by atoms with Crippen molar-refractivity contribution in [2.24, 2.45) is 0 Å². The van der Waals surface area contributed by atoms with Crippen molar-refractivity contribution in [3.8, 4) is 0 Å². The Bertz CT molecular complexity index is 820. The van der Waals surface area contributed by atoms with Gasteiger partial charge in [-0.05, 0) is 27.7 Å². The van der Waals surface area contributed by atoms with Crippen molar-refractivity contribution in [1.82, 2.24) is 19.9 Å². The number of amides is 1. The molecular weight excluding hydrogens is 336 g/mol. The molecule has 0 aliphatic rings. The topological polar surface area (TPSA) is 119 Å². The van der Waals surface area contributed by atoms with Crippen molar-refractivity contribution in [1.29, 1.82) is 0 Å². The highest BCUT2D eigenvalue weighted by Gasteiger charge is 2.29. The molecule has 2 heterocycles. The third-order valence-electron chi connectivity index (χ3n) is 3.39. The van der Waals surface area contributed by atoms with Crippen molar-refractivity contribution >= 4 is 15.9 Å². The Labute approximate surface area is 140 Å². The molecule has 0 saturated carbocycles. The molecule has 1 amide bonds. The Morgan fingerprint density at radius 3 is 2.46 bits per heavy atom. The fourth-order valence-electron chi connectivity index (χ4n) is 2.34. The van der Waals surface area contributed by atoms with E-state index in [0.717, 1.165) is 0 Å². The first-order chi connectivity index (χ1) is 11.1. The lowest BCUT2D eigenvalue weighted by Gasteiger charge is -2.21. The molecule has 0 aliphatic heterocycles. The number of likely N-dealkylation sites (N-methyl/N-ethyl adjacent to an activating group) is 1. The Morgan fingerprint density at radius 1 is 1.29 bits per heavy atom. The van der Waals surface area contributed by atoms with E-state index < -0.39 is 22.0 Å². The van der Waals surface area contributed by atoms with Crippen LogP contribution in [0.15, 0.2) is 20.0 Å². The second kappa shape index (κ2) is 6.73. The molecule has 0 aliphatic carbocycles. The zero-order chi connectivity index (χ0) is 18.1. The van der Waals surface area contributed by atoms with Crippen LogP contribution in [0.3, 0.4) is 0 Å². The van der Waals surface area contributed by atoms with E-state index in [2.05, 4.69) is 15.0 Å². The molecule has 0 saturated heterocycles. The summed E-state index contributed by atoms with van der Waals surface area (Å²) in [4.78, 5) is 13.7. The van der Waals surface area contributed by atoms with Gasteiger partial charge in [0.15, 0.2) is 5.76 Å². The van der Waals surface area contributed by atoms with Gasteiger partial charge in [0.25, 0.3) is 0 Å². The summed E-state index contributed by atoms with van der Waals surface area (Å²) in [5.74, 6) is 0.412. The van der Waals surface area contributed by atoms with Gasteiger partial charge in [-0.15, -0.1) is 0 Å². The van der Waals surface area contributed by atoms with E-state index in [1.165, 1.54) is 25.7 Å². The minimum Gasteiger partial charge on any atom is -0.361 e. The highest BCUT2D eigenvalue weighted by molar-refractivity contribution is 7.89. The smallest absolute Gasteiger partial charge is 0.246 e. The molecule has 1 atom stereocenters. The predicted octanol–water partition coefficient (Wildman–Crippen LogP) is 0.913. The number of hydrogen-bond donors (Lipinski definition) is 1. The van der Waals surface area contributed by atoms with Crippen molar-refractivity contribution in [3.63, 3.8) is 0 Å². The number of aromatic nitrogens is 2. The molecule has 0 radical (unpaired) electrons. The van der Waals surface area contributed by atoms with Crippen LogP contribution in [0.4, 0.5) is 0 Å². The van der Waals surface area contributed by atoms with Gasteiger partial charge in [0.05, 0.1) is 12.6 Å². The van der Waals surface area contributed by atoms with Gasteiger partial charge in [-0.2, -0.15) is 4.72 Å². The molecule has 1 N–H and O–H groups in total. The van der Waals surface area contributed by atoms with Crippen LogP contribution >= 0.6 is 0 Å². The lowest BCUT2D eigenvalue weighted by atomic mass is 10.3. The van der Waals surface area contributed by atoms with E-state index in [9.17, 15) is 13.2 Å². The number of nitrogens with one attached hydrogen (secondary N) is 1. The van der Waals surface area contributed by atoms with E-state index in [4.69, 9.17) is 9.05 Å². The number of sulfonamides is 1. The van der Waals surface area contributed by atoms with E-state index in [1.807, 2.05) is 0 Å². The molecule has 0 spiro atoms. The molecule has 0 unspecified atom stereocenters. The Morgan fingerprint density at radius 2 is 1.96 bits per heavy atom. The van der Waals surface area contributed by atoms with Crippen LogP contribution in [0, 0.1) is 20.8 Å². The molecule has 2 aromatic rings. The summed E-state index contributed by atoms with van der Waals surface area (Å²) in [7, 11) is -2.35. The molecule has 9 nitrogen and oxygen atoms in total. The second-order valence-electron chi connectivity index (χ2n) is 5.62. The fourth-order valence-corrected chi connectivity index (χ4v) is 3.87. The number of aryl methyl sites for hydroxylation is 3. The van der Waals surface area contributed by atoms with Gasteiger partial charge in [0.2, 0.25) is 15.9 Å². The molecule has 2 aromatic heterocycles. The third kappa shape index (κ3) is 3.82. The number of carbonyl (C=O) groups is 1. The van der Waals surface area contributed by atoms with Gasteiger partial charge < -0.3 is 13.9 Å². The summed E-state index contributed by atoms with van der Waals surface area (Å²) in [6.45, 7) is 6.46. The van der Waals surface area contributed by atoms with Crippen LogP contribution in [0.25, 0.3) is 0 Å². The van der Waals surface area contributed by atoms with Crippen molar-refractivity contribution in [3.05, 3.63) is 29.0 Å². The lowest BCUT2D eigenvalue weighted by Crippen LogP contribution is -2.45. The summed E-state index contributed by atoms with van der Waals surface area (Å²) in [5.41, 5.74) is 0.829. The Balaban J connectivity index is 2.08. The average Bonchev–Trinajstić information content (AvgIpc) is 3.03. The van der Waals surface area contributed by atoms with Crippen LogP contribution in [-0.4, -0.2) is 42.6 Å². The van der Waals surface area contributed by atoms with Gasteiger partial charge in [0.1, 0.15) is 22.0 Å². The largest absolute Gasteiger partial charge is 0.361 e. The molecule has 132 valence electrons. The Hall–Kier alpha value is -2.20. The minimum atomic E-state index is -3.91. The van der Waals surface area contributed by atoms with E-state index >= 15 is 0 Å². The maximum atomic E-state index is 12.4. The molecule has 10 heteroatoms. The minimum absolute atomic E-state index is 0.0445. The number of carbonyl (C=O) groups excluding carboxylic acids is 1. The Kier molecular flexibility index (Phi) is 5.09. The first kappa shape index (κ1) is 18.1. The van der Waals surface area contributed by atoms with Crippen molar-refractivity contribution in [2.45, 2.75) is 45.2 Å². The first-order valence-corrected chi connectivity index (χ1v) is 8.72. The molecule has 2 rings (SSSR count). The third-order valence-corrected chi connectivity index (χ3v) is 5.18. The van der Waals surface area contributed by atoms with Crippen molar-refractivity contribution in [2.75, 3.05) is 7.05 Å². The molecule has 0 bridgehead atoms. The predicted molar refractivity (Wildman–Crippen MR) is 83.5 cm³/mol. The summed E-state index contributed by atoms with van der Waals surface area (Å²) >= 11 is 0. The SMILES string of the molecule is Cc1cc(CN(C)C(=O)[C@@H](C)NS(=O)(=O)c2c(C)noc2C)no1. The summed E-state index contributed by atoms with van der Waals surface area (Å²) in [6, 6.07) is 0.754. The molecule has 24 heavy (non-hydrogen) atoms. The van der Waals surface area contributed by atoms with Gasteiger partial charge in [-0.3, -0.25) is 4.79 Å². The summed E-state index contributed by atoms with van der Waals surface area (Å²) in [5, 5.41) is 7.43. The first-order valence-electron chi connectivity index (χ1n) is 7.24. The van der Waals surface area contributed by atoms with Crippen LogP contribution in [-0.2, 0) is 21.4 Å². The standard InChI is InChI=1S/C14H20N4O5S/c1-8-6-12(16-22-8)7-18(5)14(19)10(3)17-24(20,21)13-9(2)15-23-11(13)4/h6,10,17H,7H2,1-5H3/t10-/m1/s1. The number of nitrogens with zero attached hydrogens (tertiary/aromatic N) is 3. The maximum Gasteiger partial charge on any atom is 0.246 e. The summed E-state index contributed by atoms with van der Waals surface area (Å²) in [6.07, 6.45) is 0. The highest BCUT2D eigenvalue weighted by atomic mass is 32.2. The fraction of sp³-hybridized carbons (Fsp3) is 0.500. The van der Waals surface area contributed by atoms with Gasteiger partial charge >= 0.3 is 0 Å². The number of rotatable bonds is 6. The second-order valence-corrected chi connectivity index (χ2v) is 7.27. The van der Waals surface area contributed by atoms with Gasteiger partial charge in [-0.1, -0.05) is 10.3 Å². The average molecular weight is 356 g/mol. The van der Waals surface area contributed by atoms with Gasteiger partial charge in [-0.25, -0.2) is 8.42 Å². The van der Waals surface area contributed by atoms with Crippen LogP contribution in [0.5, 0.6) is 0 Å². The van der Waals surface area contributed by atoms with Gasteiger partial charge in [0, 0.05) is 13.1 Å². The monoisotopic (exact) mass is 356 g/mol. The normalized spacial score (nSPS) is 13.0. The number of hydrogen-bond acceptors (Lipinski definition) is 7. The molecular formula is C14H20N4O5S. The van der Waals surface area contributed by atoms with Crippen LogP contribution in [0.2, 0.25) is 0 Å². The molecule has 0 fully saturated rings. The van der Waals surface area contributed by atoms with E-state index in [1.54, 1.807) is 20.0 Å². The summed E-state index contributed by atoms with van der Waals surface area (Å²) < 4.78 is 37.0. The zero-order valence-electron chi connectivity index (χ0n) is 14.2.